The monoisotopic (exact) mass is 295 g/mol. The molecule has 7 nitrogen and oxygen atoms in total. The largest absolute Gasteiger partial charge is 0.377 e. The van der Waals surface area contributed by atoms with Gasteiger partial charge in [-0.25, -0.2) is 0 Å². The minimum absolute atomic E-state index is 0.0207. The molecule has 1 aliphatic rings. The first-order chi connectivity index (χ1) is 9.74. The van der Waals surface area contributed by atoms with Gasteiger partial charge < -0.3 is 9.64 Å². The number of halogens is 1. The van der Waals surface area contributed by atoms with E-state index >= 15 is 0 Å². The number of carbonyl (C=O) groups excluding carboxylic acids is 1. The fourth-order valence-corrected chi connectivity index (χ4v) is 2.42. The lowest BCUT2D eigenvalue weighted by atomic mass is 10.1. The van der Waals surface area contributed by atoms with Crippen LogP contribution in [0, 0.1) is 0 Å². The minimum Gasteiger partial charge on any atom is -0.377 e. The highest BCUT2D eigenvalue weighted by Gasteiger charge is 2.29. The van der Waals surface area contributed by atoms with Gasteiger partial charge in [-0.3, -0.25) is 14.6 Å². The van der Waals surface area contributed by atoms with Crippen LogP contribution >= 0.6 is 11.6 Å². The minimum atomic E-state index is -0.134. The molecule has 0 bridgehead atoms. The Morgan fingerprint density at radius 3 is 3.20 bits per heavy atom. The van der Waals surface area contributed by atoms with Gasteiger partial charge in [-0.15, -0.1) is 0 Å². The second-order valence-electron chi connectivity index (χ2n) is 4.55. The Labute approximate surface area is 120 Å². The van der Waals surface area contributed by atoms with Gasteiger partial charge in [0.25, 0.3) is 0 Å². The molecule has 0 saturated carbocycles. The summed E-state index contributed by atoms with van der Waals surface area (Å²) in [7, 11) is 0. The molecule has 0 radical (unpaired) electrons. The van der Waals surface area contributed by atoms with E-state index in [0.29, 0.717) is 24.8 Å². The number of nitrogens with one attached hydrogen (secondary N) is 1. The maximum atomic E-state index is 12.4. The molecule has 106 valence electrons. The van der Waals surface area contributed by atoms with Gasteiger partial charge in [0.15, 0.2) is 0 Å². The fourth-order valence-electron chi connectivity index (χ4n) is 2.27. The highest BCUT2D eigenvalue weighted by molar-refractivity contribution is 6.30. The Hall–Kier alpha value is -1.86. The third-order valence-electron chi connectivity index (χ3n) is 3.23. The number of carbonyl (C=O) groups is 1. The van der Waals surface area contributed by atoms with Crippen molar-refractivity contribution in [2.45, 2.75) is 12.6 Å². The van der Waals surface area contributed by atoms with Gasteiger partial charge in [0.2, 0.25) is 5.91 Å². The van der Waals surface area contributed by atoms with Crippen molar-refractivity contribution in [1.82, 2.24) is 24.9 Å². The summed E-state index contributed by atoms with van der Waals surface area (Å²) in [6, 6.07) is 1.72. The molecular weight excluding hydrogens is 282 g/mol. The molecule has 3 heterocycles. The van der Waals surface area contributed by atoms with Crippen LogP contribution < -0.4 is 0 Å². The van der Waals surface area contributed by atoms with E-state index in [4.69, 9.17) is 16.3 Å². The number of hydrogen-bond donors (Lipinski definition) is 1. The topological polar surface area (TPSA) is 76.0 Å². The van der Waals surface area contributed by atoms with Gasteiger partial charge in [0, 0.05) is 18.9 Å². The van der Waals surface area contributed by atoms with Crippen LogP contribution in [0.15, 0.2) is 24.7 Å². The smallest absolute Gasteiger partial charge is 0.245 e. The van der Waals surface area contributed by atoms with Crippen molar-refractivity contribution in [2.75, 3.05) is 19.8 Å². The first-order valence-corrected chi connectivity index (χ1v) is 6.66. The van der Waals surface area contributed by atoms with E-state index in [1.807, 2.05) is 6.07 Å². The number of ether oxygens (including phenoxy) is 1. The standard InChI is InChI=1S/C12H14ClN5O2/c13-9-5-15-17(6-9)7-12(19)18-3-4-20-8-11(18)10-1-2-14-16-10/h1-2,5-6,11H,3-4,7-8H2,(H,14,16). The quantitative estimate of drug-likeness (QED) is 0.911. The molecule has 2 aromatic rings. The zero-order valence-corrected chi connectivity index (χ0v) is 11.5. The molecule has 1 aliphatic heterocycles. The molecule has 0 spiro atoms. The van der Waals surface area contributed by atoms with Crippen molar-refractivity contribution in [3.8, 4) is 0 Å². The molecule has 1 atom stereocenters. The van der Waals surface area contributed by atoms with E-state index in [2.05, 4.69) is 15.3 Å². The SMILES string of the molecule is O=C(Cn1cc(Cl)cn1)N1CCOCC1c1ccn[nH]1. The number of morpholine rings is 1. The summed E-state index contributed by atoms with van der Waals surface area (Å²) in [5.74, 6) is -0.0207. The van der Waals surface area contributed by atoms with Crippen molar-refractivity contribution in [1.29, 1.82) is 0 Å². The van der Waals surface area contributed by atoms with Crippen LogP contribution in [-0.4, -0.2) is 50.5 Å². The van der Waals surface area contributed by atoms with Crippen LogP contribution in [0.1, 0.15) is 11.7 Å². The lowest BCUT2D eigenvalue weighted by Gasteiger charge is -2.34. The Morgan fingerprint density at radius 2 is 2.50 bits per heavy atom. The molecular formula is C12H14ClN5O2. The first-order valence-electron chi connectivity index (χ1n) is 6.28. The van der Waals surface area contributed by atoms with Crippen LogP contribution in [0.4, 0.5) is 0 Å². The number of rotatable bonds is 3. The number of hydrogen-bond acceptors (Lipinski definition) is 4. The van der Waals surface area contributed by atoms with E-state index in [1.54, 1.807) is 17.3 Å². The summed E-state index contributed by atoms with van der Waals surface area (Å²) >= 11 is 5.80. The van der Waals surface area contributed by atoms with Gasteiger partial charge in [0.1, 0.15) is 6.54 Å². The van der Waals surface area contributed by atoms with Crippen molar-refractivity contribution in [2.24, 2.45) is 0 Å². The number of H-pyrrole nitrogens is 1. The maximum absolute atomic E-state index is 12.4. The predicted molar refractivity (Wildman–Crippen MR) is 71.1 cm³/mol. The third-order valence-corrected chi connectivity index (χ3v) is 3.42. The Kier molecular flexibility index (Phi) is 3.70. The molecule has 3 rings (SSSR count). The molecule has 8 heteroatoms. The summed E-state index contributed by atoms with van der Waals surface area (Å²) < 4.78 is 6.99. The van der Waals surface area contributed by atoms with Gasteiger partial charge in [-0.2, -0.15) is 10.2 Å². The molecule has 1 saturated heterocycles. The number of aromatic amines is 1. The summed E-state index contributed by atoms with van der Waals surface area (Å²) in [4.78, 5) is 14.2. The zero-order valence-electron chi connectivity index (χ0n) is 10.7. The van der Waals surface area contributed by atoms with E-state index in [-0.39, 0.29) is 18.5 Å². The lowest BCUT2D eigenvalue weighted by Crippen LogP contribution is -2.45. The van der Waals surface area contributed by atoms with Crippen LogP contribution in [-0.2, 0) is 16.1 Å². The van der Waals surface area contributed by atoms with E-state index in [9.17, 15) is 4.79 Å². The Balaban J connectivity index is 1.74. The van der Waals surface area contributed by atoms with Crippen molar-refractivity contribution < 1.29 is 9.53 Å². The molecule has 1 amide bonds. The van der Waals surface area contributed by atoms with Crippen molar-refractivity contribution in [3.05, 3.63) is 35.4 Å². The van der Waals surface area contributed by atoms with Crippen LogP contribution in [0.2, 0.25) is 5.02 Å². The molecule has 1 unspecified atom stereocenters. The molecule has 2 aromatic heterocycles. The molecule has 0 aliphatic carbocycles. The fraction of sp³-hybridized carbons (Fsp3) is 0.417. The average Bonchev–Trinajstić information content (AvgIpc) is 3.10. The van der Waals surface area contributed by atoms with Gasteiger partial charge in [0.05, 0.1) is 36.2 Å². The van der Waals surface area contributed by atoms with Crippen molar-refractivity contribution in [3.63, 3.8) is 0 Å². The number of amides is 1. The van der Waals surface area contributed by atoms with Gasteiger partial charge >= 0.3 is 0 Å². The van der Waals surface area contributed by atoms with Gasteiger partial charge in [-0.1, -0.05) is 11.6 Å². The molecule has 1 fully saturated rings. The van der Waals surface area contributed by atoms with Crippen LogP contribution in [0.5, 0.6) is 0 Å². The van der Waals surface area contributed by atoms with Crippen LogP contribution in [0.3, 0.4) is 0 Å². The first kappa shape index (κ1) is 13.1. The molecule has 0 aromatic carbocycles. The highest BCUT2D eigenvalue weighted by Crippen LogP contribution is 2.22. The summed E-state index contributed by atoms with van der Waals surface area (Å²) in [5, 5.41) is 11.4. The lowest BCUT2D eigenvalue weighted by molar-refractivity contribution is -0.141. The second-order valence-corrected chi connectivity index (χ2v) is 4.98. The zero-order chi connectivity index (χ0) is 13.9. The Bertz CT molecular complexity index is 582. The van der Waals surface area contributed by atoms with E-state index < -0.39 is 0 Å². The molecule has 20 heavy (non-hydrogen) atoms. The van der Waals surface area contributed by atoms with E-state index in [0.717, 1.165) is 5.69 Å². The van der Waals surface area contributed by atoms with E-state index in [1.165, 1.54) is 10.9 Å². The van der Waals surface area contributed by atoms with Gasteiger partial charge in [-0.05, 0) is 6.07 Å². The summed E-state index contributed by atoms with van der Waals surface area (Å²) in [5.41, 5.74) is 0.872. The number of nitrogens with zero attached hydrogens (tertiary/aromatic N) is 4. The second kappa shape index (κ2) is 5.64. The predicted octanol–water partition coefficient (Wildman–Crippen LogP) is 0.860. The normalized spacial score (nSPS) is 19.2. The molecule has 1 N–H and O–H groups in total. The average molecular weight is 296 g/mol. The highest BCUT2D eigenvalue weighted by atomic mass is 35.5. The maximum Gasteiger partial charge on any atom is 0.245 e. The summed E-state index contributed by atoms with van der Waals surface area (Å²) in [6.07, 6.45) is 4.81. The number of aromatic nitrogens is 4. The summed E-state index contributed by atoms with van der Waals surface area (Å²) in [6.45, 7) is 1.72. The Morgan fingerprint density at radius 1 is 1.60 bits per heavy atom. The van der Waals surface area contributed by atoms with Crippen LogP contribution in [0.25, 0.3) is 0 Å². The van der Waals surface area contributed by atoms with Crippen molar-refractivity contribution >= 4 is 17.5 Å². The third kappa shape index (κ3) is 2.68.